The minimum absolute atomic E-state index is 0.215. The molecule has 1 aromatic heterocycles. The van der Waals surface area contributed by atoms with E-state index in [2.05, 4.69) is 11.1 Å². The van der Waals surface area contributed by atoms with Crippen LogP contribution in [0.3, 0.4) is 0 Å². The van der Waals surface area contributed by atoms with Gasteiger partial charge in [-0.3, -0.25) is 0 Å². The van der Waals surface area contributed by atoms with Gasteiger partial charge in [-0.2, -0.15) is 0 Å². The summed E-state index contributed by atoms with van der Waals surface area (Å²) < 4.78 is 12.8. The van der Waals surface area contributed by atoms with E-state index in [9.17, 15) is 4.39 Å². The molecule has 0 aliphatic heterocycles. The van der Waals surface area contributed by atoms with Gasteiger partial charge in [-0.1, -0.05) is 6.07 Å². The predicted octanol–water partition coefficient (Wildman–Crippen LogP) is 3.77. The topological polar surface area (TPSA) is 15.8 Å². The largest absolute Gasteiger partial charge is 0.355 e. The second-order valence-corrected chi connectivity index (χ2v) is 3.70. The first-order valence-electron chi connectivity index (χ1n) is 5.08. The van der Waals surface area contributed by atoms with Crippen LogP contribution in [0.4, 0.5) is 4.39 Å². The van der Waals surface area contributed by atoms with Gasteiger partial charge in [0.15, 0.2) is 0 Å². The zero-order valence-electron chi connectivity index (χ0n) is 8.50. The SMILES string of the molecule is Fc1ccc(-c2cc3c[c]ccc3[nH]2)cc1. The molecule has 0 amide bonds. The lowest BCUT2D eigenvalue weighted by atomic mass is 10.1. The van der Waals surface area contributed by atoms with Crippen molar-refractivity contribution in [2.24, 2.45) is 0 Å². The van der Waals surface area contributed by atoms with Crippen molar-refractivity contribution in [3.05, 3.63) is 60.4 Å². The molecule has 2 heteroatoms. The molecule has 0 aliphatic carbocycles. The smallest absolute Gasteiger partial charge is 0.123 e. The number of nitrogens with one attached hydrogen (secondary N) is 1. The quantitative estimate of drug-likeness (QED) is 0.629. The fraction of sp³-hybridized carbons (Fsp3) is 0. The lowest BCUT2D eigenvalue weighted by molar-refractivity contribution is 0.628. The Bertz CT molecular complexity index is 590. The predicted molar refractivity (Wildman–Crippen MR) is 62.5 cm³/mol. The number of benzene rings is 2. The Morgan fingerprint density at radius 2 is 1.88 bits per heavy atom. The van der Waals surface area contributed by atoms with Crippen molar-refractivity contribution < 1.29 is 4.39 Å². The Hall–Kier alpha value is -2.09. The van der Waals surface area contributed by atoms with Crippen LogP contribution in [0, 0.1) is 11.9 Å². The van der Waals surface area contributed by atoms with Crippen molar-refractivity contribution in [1.29, 1.82) is 0 Å². The third-order valence-electron chi connectivity index (χ3n) is 2.62. The van der Waals surface area contributed by atoms with Crippen LogP contribution < -0.4 is 0 Å². The maximum absolute atomic E-state index is 12.8. The highest BCUT2D eigenvalue weighted by molar-refractivity contribution is 5.85. The van der Waals surface area contributed by atoms with Crippen molar-refractivity contribution in [2.45, 2.75) is 0 Å². The van der Waals surface area contributed by atoms with Crippen molar-refractivity contribution >= 4 is 10.9 Å². The Morgan fingerprint density at radius 3 is 2.62 bits per heavy atom. The molecule has 1 N–H and O–H groups in total. The van der Waals surface area contributed by atoms with Crippen molar-refractivity contribution in [3.63, 3.8) is 0 Å². The summed E-state index contributed by atoms with van der Waals surface area (Å²) in [5, 5.41) is 1.11. The highest BCUT2D eigenvalue weighted by atomic mass is 19.1. The van der Waals surface area contributed by atoms with Gasteiger partial charge in [0.2, 0.25) is 0 Å². The van der Waals surface area contributed by atoms with Crippen LogP contribution in [0.5, 0.6) is 0 Å². The minimum Gasteiger partial charge on any atom is -0.355 e. The monoisotopic (exact) mass is 210 g/mol. The van der Waals surface area contributed by atoms with Gasteiger partial charge >= 0.3 is 0 Å². The van der Waals surface area contributed by atoms with Crippen LogP contribution in [0.2, 0.25) is 0 Å². The molecular weight excluding hydrogens is 201 g/mol. The zero-order chi connectivity index (χ0) is 11.0. The molecule has 0 atom stereocenters. The molecule has 0 saturated heterocycles. The average Bonchev–Trinajstić information content (AvgIpc) is 2.73. The van der Waals surface area contributed by atoms with Gasteiger partial charge in [-0.15, -0.1) is 0 Å². The number of hydrogen-bond acceptors (Lipinski definition) is 0. The third-order valence-corrected chi connectivity index (χ3v) is 2.62. The Labute approximate surface area is 92.5 Å². The van der Waals surface area contributed by atoms with Crippen LogP contribution in [0.25, 0.3) is 22.2 Å². The van der Waals surface area contributed by atoms with Gasteiger partial charge in [-0.05, 0) is 54.1 Å². The molecule has 2 aromatic carbocycles. The summed E-state index contributed by atoms with van der Waals surface area (Å²) >= 11 is 0. The second kappa shape index (κ2) is 3.49. The van der Waals surface area contributed by atoms with Crippen molar-refractivity contribution in [2.75, 3.05) is 0 Å². The summed E-state index contributed by atoms with van der Waals surface area (Å²) in [6.07, 6.45) is 0. The maximum atomic E-state index is 12.8. The molecule has 1 heterocycles. The number of fused-ring (bicyclic) bond motifs is 1. The molecule has 0 spiro atoms. The summed E-state index contributed by atoms with van der Waals surface area (Å²) in [4.78, 5) is 3.29. The summed E-state index contributed by atoms with van der Waals surface area (Å²) in [5.41, 5.74) is 3.05. The van der Waals surface area contributed by atoms with Gasteiger partial charge in [0.05, 0.1) is 0 Å². The highest BCUT2D eigenvalue weighted by Crippen LogP contribution is 2.23. The number of H-pyrrole nitrogens is 1. The molecule has 0 aliphatic rings. The number of hydrogen-bond donors (Lipinski definition) is 1. The molecule has 0 fully saturated rings. The van der Waals surface area contributed by atoms with E-state index in [1.807, 2.05) is 24.3 Å². The normalized spacial score (nSPS) is 10.8. The van der Waals surface area contributed by atoms with Gasteiger partial charge in [0.1, 0.15) is 5.82 Å². The van der Waals surface area contributed by atoms with E-state index in [4.69, 9.17) is 0 Å². The van der Waals surface area contributed by atoms with Crippen LogP contribution in [-0.4, -0.2) is 4.98 Å². The van der Waals surface area contributed by atoms with Crippen molar-refractivity contribution in [3.8, 4) is 11.3 Å². The van der Waals surface area contributed by atoms with E-state index in [0.717, 1.165) is 22.2 Å². The summed E-state index contributed by atoms with van der Waals surface area (Å²) in [7, 11) is 0. The van der Waals surface area contributed by atoms with Gasteiger partial charge < -0.3 is 4.98 Å². The second-order valence-electron chi connectivity index (χ2n) is 3.70. The Kier molecular flexibility index (Phi) is 2.00. The van der Waals surface area contributed by atoms with E-state index < -0.39 is 0 Å². The van der Waals surface area contributed by atoms with Crippen LogP contribution in [0.15, 0.2) is 48.5 Å². The first-order valence-corrected chi connectivity index (χ1v) is 5.08. The fourth-order valence-corrected chi connectivity index (χ4v) is 1.80. The van der Waals surface area contributed by atoms with Crippen LogP contribution >= 0.6 is 0 Å². The van der Waals surface area contributed by atoms with Crippen LogP contribution in [-0.2, 0) is 0 Å². The molecule has 0 saturated carbocycles. The summed E-state index contributed by atoms with van der Waals surface area (Å²) in [6, 6.07) is 17.3. The lowest BCUT2D eigenvalue weighted by Crippen LogP contribution is -1.77. The molecule has 1 radical (unpaired) electrons. The van der Waals surface area contributed by atoms with Crippen molar-refractivity contribution in [1.82, 2.24) is 4.98 Å². The number of rotatable bonds is 1. The maximum Gasteiger partial charge on any atom is 0.123 e. The van der Waals surface area contributed by atoms with Gasteiger partial charge in [-0.25, -0.2) is 4.39 Å². The Morgan fingerprint density at radius 1 is 1.06 bits per heavy atom. The minimum atomic E-state index is -0.215. The first kappa shape index (κ1) is 9.16. The first-order chi connectivity index (χ1) is 7.83. The number of aromatic amines is 1. The van der Waals surface area contributed by atoms with E-state index in [0.29, 0.717) is 0 Å². The molecule has 3 rings (SSSR count). The standard InChI is InChI=1S/C14H9FN/c15-12-7-5-10(6-8-12)14-9-11-3-1-2-4-13(11)16-14/h2-9,16H. The third kappa shape index (κ3) is 1.48. The fourth-order valence-electron chi connectivity index (χ4n) is 1.80. The van der Waals surface area contributed by atoms with Gasteiger partial charge in [0, 0.05) is 16.6 Å². The zero-order valence-corrected chi connectivity index (χ0v) is 8.50. The molecule has 1 nitrogen and oxygen atoms in total. The van der Waals surface area contributed by atoms with Gasteiger partial charge in [0.25, 0.3) is 0 Å². The number of halogens is 1. The molecule has 3 aromatic rings. The average molecular weight is 210 g/mol. The molecule has 16 heavy (non-hydrogen) atoms. The number of aromatic nitrogens is 1. The van der Waals surface area contributed by atoms with E-state index >= 15 is 0 Å². The molecule has 0 bridgehead atoms. The van der Waals surface area contributed by atoms with E-state index in [1.54, 1.807) is 12.1 Å². The Balaban J connectivity index is 2.15. The summed E-state index contributed by atoms with van der Waals surface area (Å²) in [5.74, 6) is -0.215. The van der Waals surface area contributed by atoms with Crippen LogP contribution in [0.1, 0.15) is 0 Å². The summed E-state index contributed by atoms with van der Waals surface area (Å²) in [6.45, 7) is 0. The molecule has 0 unspecified atom stereocenters. The molecular formula is C14H9FN. The van der Waals surface area contributed by atoms with E-state index in [-0.39, 0.29) is 5.82 Å². The molecule has 77 valence electrons. The highest BCUT2D eigenvalue weighted by Gasteiger charge is 2.02. The lowest BCUT2D eigenvalue weighted by Gasteiger charge is -1.96. The van der Waals surface area contributed by atoms with E-state index in [1.165, 1.54) is 12.1 Å².